The van der Waals surface area contributed by atoms with Gasteiger partial charge in [-0.1, -0.05) is 73.0 Å². The van der Waals surface area contributed by atoms with Gasteiger partial charge in [-0.25, -0.2) is 4.98 Å². The van der Waals surface area contributed by atoms with Gasteiger partial charge in [0.05, 0.1) is 16.9 Å². The third-order valence-electron chi connectivity index (χ3n) is 6.20. The van der Waals surface area contributed by atoms with Crippen LogP contribution in [0.1, 0.15) is 36.8 Å². The summed E-state index contributed by atoms with van der Waals surface area (Å²) < 4.78 is 0. The summed E-state index contributed by atoms with van der Waals surface area (Å²) in [5, 5.41) is 22.4. The van der Waals surface area contributed by atoms with E-state index in [9.17, 15) is 10.4 Å². The van der Waals surface area contributed by atoms with Crippen molar-refractivity contribution >= 4 is 23.5 Å². The molecule has 0 radical (unpaired) electrons. The van der Waals surface area contributed by atoms with E-state index in [-0.39, 0.29) is 5.25 Å². The Morgan fingerprint density at radius 2 is 1.84 bits per heavy atom. The Morgan fingerprint density at radius 3 is 2.53 bits per heavy atom. The maximum atomic E-state index is 11.4. The summed E-state index contributed by atoms with van der Waals surface area (Å²) in [7, 11) is 0. The largest absolute Gasteiger partial charge is 0.388 e. The smallest absolute Gasteiger partial charge is 0.115 e. The maximum Gasteiger partial charge on any atom is 0.115 e. The summed E-state index contributed by atoms with van der Waals surface area (Å²) in [6.07, 6.45) is 6.13. The molecular weight excluding hydrogens is 432 g/mol. The molecular formula is C27H28N2OS2. The molecule has 164 valence electrons. The molecule has 32 heavy (non-hydrogen) atoms. The monoisotopic (exact) mass is 460 g/mol. The lowest BCUT2D eigenvalue weighted by molar-refractivity contribution is 0.0340. The molecule has 1 aliphatic rings. The fourth-order valence-corrected chi connectivity index (χ4v) is 6.68. The number of hydrogen-bond donors (Lipinski definition) is 1. The third kappa shape index (κ3) is 4.88. The molecule has 1 aromatic heterocycles. The van der Waals surface area contributed by atoms with E-state index in [4.69, 9.17) is 4.98 Å². The van der Waals surface area contributed by atoms with Crippen molar-refractivity contribution in [3.63, 3.8) is 0 Å². The lowest BCUT2D eigenvalue weighted by atomic mass is 9.86. The van der Waals surface area contributed by atoms with Crippen LogP contribution in [0, 0.1) is 18.3 Å². The Labute approximate surface area is 199 Å². The van der Waals surface area contributed by atoms with E-state index in [1.807, 2.05) is 36.4 Å². The lowest BCUT2D eigenvalue weighted by Gasteiger charge is -2.38. The number of aromatic nitrogens is 1. The zero-order valence-electron chi connectivity index (χ0n) is 18.5. The normalized spacial score (nSPS) is 20.6. The molecule has 2 aromatic carbocycles. The van der Waals surface area contributed by atoms with Crippen molar-refractivity contribution in [2.75, 3.05) is 12.0 Å². The number of nitriles is 1. The Morgan fingerprint density at radius 1 is 1.09 bits per heavy atom. The number of nitrogens with zero attached hydrogens (tertiary/aromatic N) is 2. The Kier molecular flexibility index (Phi) is 7.25. The van der Waals surface area contributed by atoms with E-state index in [1.54, 1.807) is 11.8 Å². The molecule has 5 heteroatoms. The number of aliphatic hydroxyl groups is 1. The Hall–Kier alpha value is -2.26. The number of pyridine rings is 1. The van der Waals surface area contributed by atoms with Crippen LogP contribution >= 0.6 is 23.5 Å². The summed E-state index contributed by atoms with van der Waals surface area (Å²) in [4.78, 5) is 4.92. The van der Waals surface area contributed by atoms with Crippen LogP contribution in [0.25, 0.3) is 22.4 Å². The predicted molar refractivity (Wildman–Crippen MR) is 136 cm³/mol. The molecule has 0 spiro atoms. The number of thioether (sulfide) groups is 2. The zero-order chi connectivity index (χ0) is 22.6. The molecule has 1 fully saturated rings. The van der Waals surface area contributed by atoms with Crippen LogP contribution in [0.15, 0.2) is 65.7 Å². The van der Waals surface area contributed by atoms with Gasteiger partial charge in [0.25, 0.3) is 0 Å². The highest BCUT2D eigenvalue weighted by atomic mass is 32.2. The first-order valence-corrected chi connectivity index (χ1v) is 13.3. The number of aryl methyl sites for hydroxylation is 1. The van der Waals surface area contributed by atoms with E-state index >= 15 is 0 Å². The minimum absolute atomic E-state index is 0.225. The molecule has 2 unspecified atom stereocenters. The summed E-state index contributed by atoms with van der Waals surface area (Å²) in [6, 6.07) is 22.8. The predicted octanol–water partition coefficient (Wildman–Crippen LogP) is 6.72. The van der Waals surface area contributed by atoms with Gasteiger partial charge in [-0.05, 0) is 37.7 Å². The number of hydrogen-bond acceptors (Lipinski definition) is 5. The van der Waals surface area contributed by atoms with E-state index in [0.29, 0.717) is 16.3 Å². The molecule has 4 rings (SSSR count). The SMILES string of the molecule is CSC1CCCCC1(O)CSc1nc(-c2ccc(C)cc2)cc(-c2ccccc2)c1C#N. The standard InChI is InChI=1S/C27H28N2OS2/c1-19-11-13-21(14-12-19)24-16-22(20-8-4-3-5-9-20)23(17-28)26(29-24)32-18-27(30)15-7-6-10-25(27)31-2/h3-5,8-9,11-14,16,25,30H,6-7,10,15,18H2,1-2H3. The molecule has 3 nitrogen and oxygen atoms in total. The summed E-state index contributed by atoms with van der Waals surface area (Å²) in [6.45, 7) is 2.07. The van der Waals surface area contributed by atoms with Gasteiger partial charge < -0.3 is 5.11 Å². The summed E-state index contributed by atoms with van der Waals surface area (Å²) in [5.41, 5.74) is 4.81. The number of rotatable bonds is 6. The first-order chi connectivity index (χ1) is 15.5. The topological polar surface area (TPSA) is 56.9 Å². The molecule has 1 N–H and O–H groups in total. The average Bonchev–Trinajstić information content (AvgIpc) is 2.83. The van der Waals surface area contributed by atoms with Crippen LogP contribution < -0.4 is 0 Å². The molecule has 2 atom stereocenters. The van der Waals surface area contributed by atoms with Gasteiger partial charge in [-0.3, -0.25) is 0 Å². The van der Waals surface area contributed by atoms with E-state index < -0.39 is 5.60 Å². The third-order valence-corrected chi connectivity index (χ3v) is 8.66. The highest BCUT2D eigenvalue weighted by Gasteiger charge is 2.38. The minimum Gasteiger partial charge on any atom is -0.388 e. The van der Waals surface area contributed by atoms with Gasteiger partial charge in [-0.15, -0.1) is 11.8 Å². The van der Waals surface area contributed by atoms with Crippen molar-refractivity contribution in [3.05, 3.63) is 71.8 Å². The molecule has 3 aromatic rings. The fourth-order valence-electron chi connectivity index (χ4n) is 4.34. The van der Waals surface area contributed by atoms with Gasteiger partial charge in [-0.2, -0.15) is 17.0 Å². The minimum atomic E-state index is -0.733. The highest BCUT2D eigenvalue weighted by Crippen LogP contribution is 2.41. The summed E-state index contributed by atoms with van der Waals surface area (Å²) in [5.74, 6) is 0.547. The first kappa shape index (κ1) is 22.9. The lowest BCUT2D eigenvalue weighted by Crippen LogP contribution is -2.45. The van der Waals surface area contributed by atoms with Crippen molar-refractivity contribution in [3.8, 4) is 28.5 Å². The second-order valence-corrected chi connectivity index (χ2v) is 10.4. The van der Waals surface area contributed by atoms with Crippen LogP contribution in [-0.2, 0) is 0 Å². The second-order valence-electron chi connectivity index (χ2n) is 8.44. The molecule has 0 aliphatic heterocycles. The van der Waals surface area contributed by atoms with Crippen molar-refractivity contribution in [1.29, 1.82) is 5.26 Å². The van der Waals surface area contributed by atoms with Gasteiger partial charge in [0.1, 0.15) is 11.1 Å². The first-order valence-electron chi connectivity index (χ1n) is 11.0. The molecule has 1 aliphatic carbocycles. The molecule has 1 heterocycles. The number of benzene rings is 2. The summed E-state index contributed by atoms with van der Waals surface area (Å²) >= 11 is 3.27. The zero-order valence-corrected chi connectivity index (χ0v) is 20.2. The highest BCUT2D eigenvalue weighted by molar-refractivity contribution is 8.00. The van der Waals surface area contributed by atoms with Gasteiger partial charge in [0.15, 0.2) is 0 Å². The van der Waals surface area contributed by atoms with Crippen molar-refractivity contribution in [2.45, 2.75) is 48.5 Å². The van der Waals surface area contributed by atoms with E-state index in [2.05, 4.69) is 43.5 Å². The van der Waals surface area contributed by atoms with Crippen molar-refractivity contribution in [1.82, 2.24) is 4.98 Å². The Bertz CT molecular complexity index is 1110. The van der Waals surface area contributed by atoms with Crippen molar-refractivity contribution in [2.24, 2.45) is 0 Å². The van der Waals surface area contributed by atoms with Crippen LogP contribution in [0.5, 0.6) is 0 Å². The average molecular weight is 461 g/mol. The van der Waals surface area contributed by atoms with Gasteiger partial charge >= 0.3 is 0 Å². The van der Waals surface area contributed by atoms with E-state index in [1.165, 1.54) is 23.7 Å². The molecule has 0 amide bonds. The van der Waals surface area contributed by atoms with Crippen molar-refractivity contribution < 1.29 is 5.11 Å². The quantitative estimate of drug-likeness (QED) is 0.414. The van der Waals surface area contributed by atoms with Crippen LogP contribution in [0.3, 0.4) is 0 Å². The van der Waals surface area contributed by atoms with E-state index in [0.717, 1.165) is 41.6 Å². The maximum absolute atomic E-state index is 11.4. The second kappa shape index (κ2) is 10.1. The van der Waals surface area contributed by atoms with Crippen LogP contribution in [0.2, 0.25) is 0 Å². The van der Waals surface area contributed by atoms with Crippen LogP contribution in [-0.4, -0.2) is 33.0 Å². The van der Waals surface area contributed by atoms with Gasteiger partial charge in [0, 0.05) is 22.1 Å². The molecule has 0 saturated heterocycles. The van der Waals surface area contributed by atoms with Crippen LogP contribution in [0.4, 0.5) is 0 Å². The molecule has 0 bridgehead atoms. The molecule has 1 saturated carbocycles. The fraction of sp³-hybridized carbons (Fsp3) is 0.333. The van der Waals surface area contributed by atoms with Gasteiger partial charge in [0.2, 0.25) is 0 Å². The Balaban J connectivity index is 1.77.